The van der Waals surface area contributed by atoms with E-state index in [-0.39, 0.29) is 23.7 Å². The molecule has 2 N–H and O–H groups in total. The van der Waals surface area contributed by atoms with E-state index in [0.29, 0.717) is 6.54 Å². The van der Waals surface area contributed by atoms with Gasteiger partial charge in [-0.1, -0.05) is 13.8 Å². The molecule has 1 saturated heterocycles. The first-order chi connectivity index (χ1) is 10.4. The standard InChI is InChI=1S/C15H24N4O3/c1-9(2)13(15(21)22-4)18-14(20)12-7-16-6-11(12)10-5-17-19(3)8-10/h5,8-9,11-13,16H,6-7H2,1-4H3,(H,18,20)/t11-,12+,13?/m1/s1. The molecule has 1 aromatic rings. The third kappa shape index (κ3) is 3.47. The maximum atomic E-state index is 12.6. The summed E-state index contributed by atoms with van der Waals surface area (Å²) in [6.45, 7) is 5.09. The number of esters is 1. The number of hydrogen-bond acceptors (Lipinski definition) is 5. The Morgan fingerprint density at radius 2 is 2.18 bits per heavy atom. The van der Waals surface area contributed by atoms with Gasteiger partial charge in [-0.05, 0) is 11.5 Å². The smallest absolute Gasteiger partial charge is 0.328 e. The highest BCUT2D eigenvalue weighted by atomic mass is 16.5. The molecule has 1 fully saturated rings. The van der Waals surface area contributed by atoms with Gasteiger partial charge in [0, 0.05) is 32.3 Å². The van der Waals surface area contributed by atoms with Gasteiger partial charge < -0.3 is 15.4 Å². The highest BCUT2D eigenvalue weighted by Crippen LogP contribution is 2.28. The first-order valence-corrected chi connectivity index (χ1v) is 7.51. The average molecular weight is 308 g/mol. The van der Waals surface area contributed by atoms with Gasteiger partial charge in [0.05, 0.1) is 19.2 Å². The lowest BCUT2D eigenvalue weighted by atomic mass is 9.89. The monoisotopic (exact) mass is 308 g/mol. The summed E-state index contributed by atoms with van der Waals surface area (Å²) < 4.78 is 6.50. The number of ether oxygens (including phenoxy) is 1. The zero-order chi connectivity index (χ0) is 16.3. The summed E-state index contributed by atoms with van der Waals surface area (Å²) in [6, 6.07) is -0.618. The summed E-state index contributed by atoms with van der Waals surface area (Å²) in [5, 5.41) is 10.2. The number of aromatic nitrogens is 2. The van der Waals surface area contributed by atoms with Crippen molar-refractivity contribution in [1.82, 2.24) is 20.4 Å². The number of hydrogen-bond donors (Lipinski definition) is 2. The Bertz CT molecular complexity index is 541. The van der Waals surface area contributed by atoms with E-state index >= 15 is 0 Å². The highest BCUT2D eigenvalue weighted by Gasteiger charge is 2.37. The number of aryl methyl sites for hydroxylation is 1. The van der Waals surface area contributed by atoms with Gasteiger partial charge in [-0.15, -0.1) is 0 Å². The minimum atomic E-state index is -0.618. The Morgan fingerprint density at radius 3 is 2.73 bits per heavy atom. The van der Waals surface area contributed by atoms with Crippen molar-refractivity contribution in [2.75, 3.05) is 20.2 Å². The summed E-state index contributed by atoms with van der Waals surface area (Å²) in [4.78, 5) is 24.4. The summed E-state index contributed by atoms with van der Waals surface area (Å²) in [5.74, 6) is -0.702. The lowest BCUT2D eigenvalue weighted by Gasteiger charge is -2.23. The van der Waals surface area contributed by atoms with Crippen LogP contribution in [0.2, 0.25) is 0 Å². The van der Waals surface area contributed by atoms with Crippen LogP contribution in [0.4, 0.5) is 0 Å². The molecule has 1 amide bonds. The van der Waals surface area contributed by atoms with Crippen LogP contribution >= 0.6 is 0 Å². The van der Waals surface area contributed by atoms with Gasteiger partial charge in [0.2, 0.25) is 5.91 Å². The average Bonchev–Trinajstić information content (AvgIpc) is 3.11. The van der Waals surface area contributed by atoms with Gasteiger partial charge in [0.15, 0.2) is 0 Å². The molecule has 3 atom stereocenters. The molecule has 0 bridgehead atoms. The maximum absolute atomic E-state index is 12.6. The molecule has 2 heterocycles. The Hall–Kier alpha value is -1.89. The van der Waals surface area contributed by atoms with Crippen LogP contribution in [0.3, 0.4) is 0 Å². The first kappa shape index (κ1) is 16.5. The number of rotatable bonds is 5. The van der Waals surface area contributed by atoms with Crippen LogP contribution in [0.1, 0.15) is 25.3 Å². The number of carbonyl (C=O) groups excluding carboxylic acids is 2. The molecule has 7 heteroatoms. The molecule has 0 aliphatic carbocycles. The minimum Gasteiger partial charge on any atom is -0.467 e. The second kappa shape index (κ2) is 6.91. The Kier molecular flexibility index (Phi) is 5.18. The second-order valence-corrected chi connectivity index (χ2v) is 6.07. The van der Waals surface area contributed by atoms with Gasteiger partial charge in [0.1, 0.15) is 6.04 Å². The lowest BCUT2D eigenvalue weighted by molar-refractivity contribution is -0.146. The van der Waals surface area contributed by atoms with Crippen molar-refractivity contribution in [3.8, 4) is 0 Å². The third-order valence-corrected chi connectivity index (χ3v) is 4.12. The van der Waals surface area contributed by atoms with Crippen molar-refractivity contribution in [3.63, 3.8) is 0 Å². The van der Waals surface area contributed by atoms with E-state index in [4.69, 9.17) is 4.74 Å². The van der Waals surface area contributed by atoms with Gasteiger partial charge in [-0.3, -0.25) is 9.48 Å². The quantitative estimate of drug-likeness (QED) is 0.750. The summed E-state index contributed by atoms with van der Waals surface area (Å²) in [5.41, 5.74) is 1.03. The fourth-order valence-corrected chi connectivity index (χ4v) is 2.82. The zero-order valence-electron chi connectivity index (χ0n) is 13.5. The predicted molar refractivity (Wildman–Crippen MR) is 81.1 cm³/mol. The van der Waals surface area contributed by atoms with Crippen LogP contribution < -0.4 is 10.6 Å². The van der Waals surface area contributed by atoms with Crippen LogP contribution in [0.25, 0.3) is 0 Å². The number of carbonyl (C=O) groups is 2. The van der Waals surface area contributed by atoms with E-state index in [2.05, 4.69) is 15.7 Å². The van der Waals surface area contributed by atoms with E-state index in [1.54, 1.807) is 10.9 Å². The minimum absolute atomic E-state index is 0.0254. The Balaban J connectivity index is 2.09. The molecule has 2 rings (SSSR count). The largest absolute Gasteiger partial charge is 0.467 e. The molecular formula is C15H24N4O3. The summed E-state index contributed by atoms with van der Waals surface area (Å²) >= 11 is 0. The third-order valence-electron chi connectivity index (χ3n) is 4.12. The fourth-order valence-electron chi connectivity index (χ4n) is 2.82. The molecule has 1 unspecified atom stereocenters. The molecule has 0 aromatic carbocycles. The van der Waals surface area contributed by atoms with E-state index in [9.17, 15) is 9.59 Å². The number of nitrogens with one attached hydrogen (secondary N) is 2. The van der Waals surface area contributed by atoms with Crippen molar-refractivity contribution in [2.24, 2.45) is 18.9 Å². The van der Waals surface area contributed by atoms with Crippen LogP contribution in [0, 0.1) is 11.8 Å². The topological polar surface area (TPSA) is 85.2 Å². The molecule has 0 saturated carbocycles. The molecule has 0 spiro atoms. The maximum Gasteiger partial charge on any atom is 0.328 e. The van der Waals surface area contributed by atoms with E-state index in [1.165, 1.54) is 7.11 Å². The SMILES string of the molecule is COC(=O)C(NC(=O)[C@H]1CNC[C@@H]1c1cnn(C)c1)C(C)C. The van der Waals surface area contributed by atoms with Gasteiger partial charge in [0.25, 0.3) is 0 Å². The Morgan fingerprint density at radius 1 is 1.45 bits per heavy atom. The van der Waals surface area contributed by atoms with E-state index in [0.717, 1.165) is 12.1 Å². The van der Waals surface area contributed by atoms with Crippen LogP contribution in [-0.4, -0.2) is 47.9 Å². The highest BCUT2D eigenvalue weighted by molar-refractivity contribution is 5.86. The van der Waals surface area contributed by atoms with Crippen LogP contribution in [0.5, 0.6) is 0 Å². The van der Waals surface area contributed by atoms with E-state index in [1.807, 2.05) is 27.1 Å². The molecule has 122 valence electrons. The zero-order valence-corrected chi connectivity index (χ0v) is 13.5. The van der Waals surface area contributed by atoms with Crippen molar-refractivity contribution < 1.29 is 14.3 Å². The summed E-state index contributed by atoms with van der Waals surface area (Å²) in [7, 11) is 3.19. The van der Waals surface area contributed by atoms with Crippen LogP contribution in [-0.2, 0) is 21.4 Å². The fraction of sp³-hybridized carbons (Fsp3) is 0.667. The molecule has 7 nitrogen and oxygen atoms in total. The normalized spacial score (nSPS) is 22.6. The van der Waals surface area contributed by atoms with Crippen molar-refractivity contribution in [3.05, 3.63) is 18.0 Å². The lowest BCUT2D eigenvalue weighted by Crippen LogP contribution is -2.48. The van der Waals surface area contributed by atoms with Crippen molar-refractivity contribution in [1.29, 1.82) is 0 Å². The summed E-state index contributed by atoms with van der Waals surface area (Å²) in [6.07, 6.45) is 3.72. The first-order valence-electron chi connectivity index (χ1n) is 7.51. The second-order valence-electron chi connectivity index (χ2n) is 6.07. The number of methoxy groups -OCH3 is 1. The van der Waals surface area contributed by atoms with Gasteiger partial charge >= 0.3 is 5.97 Å². The number of nitrogens with zero attached hydrogens (tertiary/aromatic N) is 2. The molecule has 1 aliphatic rings. The molecule has 0 radical (unpaired) electrons. The molecular weight excluding hydrogens is 284 g/mol. The van der Waals surface area contributed by atoms with Crippen LogP contribution in [0.15, 0.2) is 12.4 Å². The van der Waals surface area contributed by atoms with Crippen molar-refractivity contribution >= 4 is 11.9 Å². The van der Waals surface area contributed by atoms with E-state index < -0.39 is 12.0 Å². The van der Waals surface area contributed by atoms with Gasteiger partial charge in [-0.25, -0.2) is 4.79 Å². The molecule has 1 aromatic heterocycles. The van der Waals surface area contributed by atoms with Crippen molar-refractivity contribution in [2.45, 2.75) is 25.8 Å². The molecule has 1 aliphatic heterocycles. The van der Waals surface area contributed by atoms with Gasteiger partial charge in [-0.2, -0.15) is 5.10 Å². The Labute approximate surface area is 130 Å². The predicted octanol–water partition coefficient (Wildman–Crippen LogP) is 0.0369. The molecule has 22 heavy (non-hydrogen) atoms. The number of amides is 1.